The fraction of sp³-hybridized carbons (Fsp3) is 0.500. The molecule has 2 rings (SSSR count). The summed E-state index contributed by atoms with van der Waals surface area (Å²) >= 11 is 11.7. The summed E-state index contributed by atoms with van der Waals surface area (Å²) in [5.41, 5.74) is 0.191. The molecule has 144 valence electrons. The Hall–Kier alpha value is -1.51. The molecule has 0 aromatic heterocycles. The van der Waals surface area contributed by atoms with Gasteiger partial charge >= 0.3 is 6.18 Å². The van der Waals surface area contributed by atoms with Crippen LogP contribution in [0.2, 0.25) is 10.0 Å². The number of nitrogens with zero attached hydrogens (tertiary/aromatic N) is 2. The quantitative estimate of drug-likeness (QED) is 0.828. The average molecular weight is 412 g/mol. The molecule has 1 saturated heterocycles. The number of hydrogen-bond donors (Lipinski definition) is 1. The molecule has 0 spiro atoms. The molecule has 0 radical (unpaired) electrons. The van der Waals surface area contributed by atoms with E-state index in [0.29, 0.717) is 18.0 Å². The Balaban J connectivity index is 1.85. The van der Waals surface area contributed by atoms with Gasteiger partial charge in [0, 0.05) is 31.2 Å². The van der Waals surface area contributed by atoms with E-state index in [1.165, 1.54) is 28.0 Å². The smallest absolute Gasteiger partial charge is 0.343 e. The van der Waals surface area contributed by atoms with Crippen molar-refractivity contribution in [1.82, 2.24) is 15.1 Å². The van der Waals surface area contributed by atoms with Gasteiger partial charge in [-0.25, -0.2) is 0 Å². The van der Waals surface area contributed by atoms with Crippen LogP contribution >= 0.6 is 23.2 Å². The number of rotatable bonds is 4. The van der Waals surface area contributed by atoms with Gasteiger partial charge in [-0.1, -0.05) is 23.2 Å². The first-order valence-electron chi connectivity index (χ1n) is 7.96. The minimum atomic E-state index is -4.26. The van der Waals surface area contributed by atoms with Crippen molar-refractivity contribution in [1.29, 1.82) is 0 Å². The topological polar surface area (TPSA) is 52.7 Å². The monoisotopic (exact) mass is 411 g/mol. The summed E-state index contributed by atoms with van der Waals surface area (Å²) in [4.78, 5) is 27.1. The Labute approximate surface area is 159 Å². The highest BCUT2D eigenvalue weighted by molar-refractivity contribution is 6.36. The highest BCUT2D eigenvalue weighted by Crippen LogP contribution is 2.21. The van der Waals surface area contributed by atoms with E-state index in [1.807, 2.05) is 0 Å². The number of carbonyl (C=O) groups is 2. The number of halogens is 5. The van der Waals surface area contributed by atoms with E-state index in [4.69, 9.17) is 23.2 Å². The van der Waals surface area contributed by atoms with E-state index in [9.17, 15) is 22.8 Å². The Morgan fingerprint density at radius 1 is 1.12 bits per heavy atom. The predicted octanol–water partition coefficient (Wildman–Crippen LogP) is 2.82. The maximum atomic E-state index is 12.5. The van der Waals surface area contributed by atoms with E-state index >= 15 is 0 Å². The largest absolute Gasteiger partial charge is 0.401 e. The lowest BCUT2D eigenvalue weighted by Crippen LogP contribution is -2.42. The molecule has 1 fully saturated rings. The van der Waals surface area contributed by atoms with Gasteiger partial charge in [-0.15, -0.1) is 0 Å². The van der Waals surface area contributed by atoms with Crippen LogP contribution in [0.5, 0.6) is 0 Å². The molecule has 0 unspecified atom stereocenters. The van der Waals surface area contributed by atoms with Crippen LogP contribution < -0.4 is 5.32 Å². The van der Waals surface area contributed by atoms with Gasteiger partial charge in [0.1, 0.15) is 0 Å². The van der Waals surface area contributed by atoms with Crippen LogP contribution in [0.25, 0.3) is 0 Å². The minimum absolute atomic E-state index is 0.141. The van der Waals surface area contributed by atoms with E-state index in [2.05, 4.69) is 5.32 Å². The zero-order valence-electron chi connectivity index (χ0n) is 13.8. The second-order valence-corrected chi connectivity index (χ2v) is 6.78. The number of alkyl halides is 3. The second-order valence-electron chi connectivity index (χ2n) is 5.93. The fourth-order valence-electron chi connectivity index (χ4n) is 2.67. The van der Waals surface area contributed by atoms with Crippen molar-refractivity contribution in [3.8, 4) is 0 Å². The highest BCUT2D eigenvalue weighted by atomic mass is 35.5. The molecule has 0 saturated carbocycles. The van der Waals surface area contributed by atoms with Gasteiger partial charge in [0.05, 0.1) is 23.7 Å². The summed E-state index contributed by atoms with van der Waals surface area (Å²) in [6.45, 7) is -0.284. The standard InChI is InChI=1S/C16H18Cl2F3N3O2/c17-11-2-3-12(13(18)8-11)15(26)22-9-14(25)24-5-1-4-23(6-7-24)10-16(19,20)21/h2-3,8H,1,4-7,9-10H2,(H,22,26). The summed E-state index contributed by atoms with van der Waals surface area (Å²) in [6.07, 6.45) is -3.82. The zero-order chi connectivity index (χ0) is 19.3. The third-order valence-corrected chi connectivity index (χ3v) is 4.47. The van der Waals surface area contributed by atoms with Gasteiger partial charge < -0.3 is 10.2 Å². The lowest BCUT2D eigenvalue weighted by atomic mass is 10.2. The maximum absolute atomic E-state index is 12.5. The van der Waals surface area contributed by atoms with E-state index in [0.717, 1.165) is 0 Å². The molecule has 1 aliphatic heterocycles. The van der Waals surface area contributed by atoms with E-state index < -0.39 is 18.6 Å². The number of nitrogens with one attached hydrogen (secondary N) is 1. The summed E-state index contributed by atoms with van der Waals surface area (Å²) in [5.74, 6) is -0.870. The van der Waals surface area contributed by atoms with Crippen molar-refractivity contribution in [3.63, 3.8) is 0 Å². The molecule has 2 amide bonds. The third-order valence-electron chi connectivity index (χ3n) is 3.92. The molecule has 1 aromatic rings. The van der Waals surface area contributed by atoms with Gasteiger partial charge in [0.25, 0.3) is 5.91 Å². The fourth-order valence-corrected chi connectivity index (χ4v) is 3.16. The molecule has 0 atom stereocenters. The van der Waals surface area contributed by atoms with Crippen molar-refractivity contribution in [2.24, 2.45) is 0 Å². The van der Waals surface area contributed by atoms with Crippen LogP contribution in [-0.2, 0) is 4.79 Å². The Morgan fingerprint density at radius 3 is 2.50 bits per heavy atom. The molecule has 10 heteroatoms. The second kappa shape index (κ2) is 8.92. The van der Waals surface area contributed by atoms with E-state index in [1.54, 1.807) is 0 Å². The summed E-state index contributed by atoms with van der Waals surface area (Å²) in [7, 11) is 0. The van der Waals surface area contributed by atoms with Crippen LogP contribution in [0.1, 0.15) is 16.8 Å². The Kier molecular flexibility index (Phi) is 7.14. The molecular weight excluding hydrogens is 394 g/mol. The molecule has 0 aliphatic carbocycles. The van der Waals surface area contributed by atoms with Crippen molar-refractivity contribution < 1.29 is 22.8 Å². The Bertz CT molecular complexity index is 671. The Morgan fingerprint density at radius 2 is 1.85 bits per heavy atom. The molecule has 0 bridgehead atoms. The first-order valence-corrected chi connectivity index (χ1v) is 8.71. The third kappa shape index (κ3) is 6.34. The van der Waals surface area contributed by atoms with Crippen molar-refractivity contribution >= 4 is 35.0 Å². The summed E-state index contributed by atoms with van der Waals surface area (Å²) < 4.78 is 37.4. The van der Waals surface area contributed by atoms with E-state index in [-0.39, 0.29) is 42.7 Å². The normalized spacial score (nSPS) is 16.3. The van der Waals surface area contributed by atoms with Crippen LogP contribution in [0.4, 0.5) is 13.2 Å². The van der Waals surface area contributed by atoms with Crippen LogP contribution in [0.3, 0.4) is 0 Å². The maximum Gasteiger partial charge on any atom is 0.401 e. The van der Waals surface area contributed by atoms with Gasteiger partial charge in [0.2, 0.25) is 5.91 Å². The minimum Gasteiger partial charge on any atom is -0.343 e. The van der Waals surface area contributed by atoms with Crippen molar-refractivity contribution in [3.05, 3.63) is 33.8 Å². The number of hydrogen-bond acceptors (Lipinski definition) is 3. The molecular formula is C16H18Cl2F3N3O2. The van der Waals surface area contributed by atoms with Crippen molar-refractivity contribution in [2.75, 3.05) is 39.3 Å². The van der Waals surface area contributed by atoms with Crippen molar-refractivity contribution in [2.45, 2.75) is 12.6 Å². The van der Waals surface area contributed by atoms with Gasteiger partial charge in [-0.3, -0.25) is 14.5 Å². The molecule has 26 heavy (non-hydrogen) atoms. The summed E-state index contributed by atoms with van der Waals surface area (Å²) in [6, 6.07) is 4.38. The average Bonchev–Trinajstić information content (AvgIpc) is 2.76. The highest BCUT2D eigenvalue weighted by Gasteiger charge is 2.31. The predicted molar refractivity (Wildman–Crippen MR) is 92.5 cm³/mol. The van der Waals surface area contributed by atoms with Crippen LogP contribution in [0, 0.1) is 0 Å². The first kappa shape index (κ1) is 20.8. The lowest BCUT2D eigenvalue weighted by Gasteiger charge is -2.23. The lowest BCUT2D eigenvalue weighted by molar-refractivity contribution is -0.145. The van der Waals surface area contributed by atoms with Gasteiger partial charge in [-0.2, -0.15) is 13.2 Å². The number of benzene rings is 1. The van der Waals surface area contributed by atoms with Gasteiger partial charge in [-0.05, 0) is 24.6 Å². The number of carbonyl (C=O) groups excluding carboxylic acids is 2. The molecule has 1 N–H and O–H groups in total. The molecule has 1 aliphatic rings. The molecule has 1 aromatic carbocycles. The summed E-state index contributed by atoms with van der Waals surface area (Å²) in [5, 5.41) is 3.03. The molecule has 1 heterocycles. The molecule has 5 nitrogen and oxygen atoms in total. The van der Waals surface area contributed by atoms with Crippen LogP contribution in [0.15, 0.2) is 18.2 Å². The number of amides is 2. The first-order chi connectivity index (χ1) is 12.2. The zero-order valence-corrected chi connectivity index (χ0v) is 15.3. The SMILES string of the molecule is O=C(NCC(=O)N1CCCN(CC(F)(F)F)CC1)c1ccc(Cl)cc1Cl. The van der Waals surface area contributed by atoms with Gasteiger partial charge in [0.15, 0.2) is 0 Å². The van der Waals surface area contributed by atoms with Crippen LogP contribution in [-0.4, -0.2) is 67.1 Å².